The van der Waals surface area contributed by atoms with Gasteiger partial charge in [-0.05, 0) is 24.3 Å². The van der Waals surface area contributed by atoms with Crippen molar-refractivity contribution in [2.75, 3.05) is 0 Å². The Morgan fingerprint density at radius 3 is 2.11 bits per heavy atom. The third kappa shape index (κ3) is 5.14. The van der Waals surface area contributed by atoms with Gasteiger partial charge in [-0.25, -0.2) is 0 Å². The molecule has 1 unspecified atom stereocenters. The van der Waals surface area contributed by atoms with Crippen molar-refractivity contribution in [3.05, 3.63) is 22.4 Å². The SMILES string of the molecule is CCCCCCC(C)(CCCCC)c1cccs1. The maximum atomic E-state index is 2.49. The van der Waals surface area contributed by atoms with Crippen molar-refractivity contribution in [1.29, 1.82) is 0 Å². The van der Waals surface area contributed by atoms with Crippen molar-refractivity contribution < 1.29 is 0 Å². The van der Waals surface area contributed by atoms with Crippen LogP contribution < -0.4 is 0 Å². The van der Waals surface area contributed by atoms with Crippen molar-refractivity contribution in [3.8, 4) is 0 Å². The van der Waals surface area contributed by atoms with Crippen molar-refractivity contribution >= 4 is 11.3 Å². The van der Waals surface area contributed by atoms with E-state index in [-0.39, 0.29) is 0 Å². The minimum atomic E-state index is 0.442. The Bertz CT molecular complexity index is 289. The van der Waals surface area contributed by atoms with Gasteiger partial charge >= 0.3 is 0 Å². The molecule has 0 aliphatic carbocycles. The van der Waals surface area contributed by atoms with E-state index in [4.69, 9.17) is 0 Å². The molecule has 0 radical (unpaired) electrons. The Labute approximate surface area is 118 Å². The zero-order valence-electron chi connectivity index (χ0n) is 12.5. The van der Waals surface area contributed by atoms with Crippen molar-refractivity contribution in [2.45, 2.75) is 84.0 Å². The highest BCUT2D eigenvalue weighted by Gasteiger charge is 2.26. The van der Waals surface area contributed by atoms with Gasteiger partial charge in [-0.3, -0.25) is 0 Å². The summed E-state index contributed by atoms with van der Waals surface area (Å²) in [5.74, 6) is 0. The molecule has 0 saturated heterocycles. The van der Waals surface area contributed by atoms with E-state index in [1.165, 1.54) is 57.8 Å². The van der Waals surface area contributed by atoms with E-state index < -0.39 is 0 Å². The van der Waals surface area contributed by atoms with Crippen LogP contribution in [-0.2, 0) is 5.41 Å². The summed E-state index contributed by atoms with van der Waals surface area (Å²) in [6.07, 6.45) is 12.4. The first kappa shape index (κ1) is 15.8. The van der Waals surface area contributed by atoms with Crippen LogP contribution in [-0.4, -0.2) is 0 Å². The maximum absolute atomic E-state index is 2.49. The second kappa shape index (κ2) is 8.74. The van der Waals surface area contributed by atoms with E-state index in [1.54, 1.807) is 4.88 Å². The zero-order chi connectivity index (χ0) is 13.3. The second-order valence-electron chi connectivity index (χ2n) is 5.81. The average Bonchev–Trinajstić information content (AvgIpc) is 2.89. The van der Waals surface area contributed by atoms with Gasteiger partial charge in [0.15, 0.2) is 0 Å². The van der Waals surface area contributed by atoms with E-state index in [0.29, 0.717) is 5.41 Å². The predicted molar refractivity (Wildman–Crippen MR) is 84.6 cm³/mol. The highest BCUT2D eigenvalue weighted by atomic mass is 32.1. The van der Waals surface area contributed by atoms with Gasteiger partial charge in [0.25, 0.3) is 0 Å². The van der Waals surface area contributed by atoms with Gasteiger partial charge in [-0.2, -0.15) is 0 Å². The van der Waals surface area contributed by atoms with Gasteiger partial charge in [0, 0.05) is 10.3 Å². The van der Waals surface area contributed by atoms with Gasteiger partial charge < -0.3 is 0 Å². The van der Waals surface area contributed by atoms with Crippen LogP contribution in [0.2, 0.25) is 0 Å². The molecule has 0 spiro atoms. The topological polar surface area (TPSA) is 0 Å². The van der Waals surface area contributed by atoms with E-state index in [9.17, 15) is 0 Å². The fraction of sp³-hybridized carbons (Fsp3) is 0.765. The molecule has 1 heteroatoms. The maximum Gasteiger partial charge on any atom is 0.0104 e. The second-order valence-corrected chi connectivity index (χ2v) is 6.75. The molecule has 0 N–H and O–H groups in total. The summed E-state index contributed by atoms with van der Waals surface area (Å²) in [4.78, 5) is 1.61. The highest BCUT2D eigenvalue weighted by molar-refractivity contribution is 7.10. The van der Waals surface area contributed by atoms with Crippen LogP contribution in [0.25, 0.3) is 0 Å². The van der Waals surface area contributed by atoms with E-state index in [0.717, 1.165) is 0 Å². The molecule has 0 saturated carbocycles. The Balaban J connectivity index is 2.51. The van der Waals surface area contributed by atoms with Crippen LogP contribution in [0.5, 0.6) is 0 Å². The molecule has 1 rings (SSSR count). The average molecular weight is 266 g/mol. The molecule has 0 bridgehead atoms. The molecular weight excluding hydrogens is 236 g/mol. The molecule has 1 heterocycles. The van der Waals surface area contributed by atoms with Crippen molar-refractivity contribution in [2.24, 2.45) is 0 Å². The molecule has 0 amide bonds. The minimum absolute atomic E-state index is 0.442. The summed E-state index contributed by atoms with van der Waals surface area (Å²) in [5, 5.41) is 2.24. The fourth-order valence-electron chi connectivity index (χ4n) is 2.70. The number of unbranched alkanes of at least 4 members (excludes halogenated alkanes) is 5. The summed E-state index contributed by atoms with van der Waals surface area (Å²) < 4.78 is 0. The molecular formula is C17H30S. The van der Waals surface area contributed by atoms with Crippen molar-refractivity contribution in [3.63, 3.8) is 0 Å². The predicted octanol–water partition coefficient (Wildman–Crippen LogP) is 6.56. The van der Waals surface area contributed by atoms with E-state index in [1.807, 2.05) is 11.3 Å². The Morgan fingerprint density at radius 2 is 1.56 bits per heavy atom. The lowest BCUT2D eigenvalue weighted by atomic mass is 9.78. The molecule has 0 aliphatic heterocycles. The molecule has 0 fully saturated rings. The highest BCUT2D eigenvalue weighted by Crippen LogP contribution is 2.37. The molecule has 104 valence electrons. The lowest BCUT2D eigenvalue weighted by Gasteiger charge is -2.29. The molecule has 1 aromatic heterocycles. The largest absolute Gasteiger partial charge is 0.148 e. The lowest BCUT2D eigenvalue weighted by Crippen LogP contribution is -2.20. The quantitative estimate of drug-likeness (QED) is 0.421. The van der Waals surface area contributed by atoms with Crippen molar-refractivity contribution in [1.82, 2.24) is 0 Å². The van der Waals surface area contributed by atoms with Gasteiger partial charge in [0.2, 0.25) is 0 Å². The first-order chi connectivity index (χ1) is 8.73. The third-order valence-corrected chi connectivity index (χ3v) is 5.21. The smallest absolute Gasteiger partial charge is 0.0104 e. The normalized spacial score (nSPS) is 14.6. The van der Waals surface area contributed by atoms with Gasteiger partial charge in [-0.15, -0.1) is 11.3 Å². The van der Waals surface area contributed by atoms with Crippen LogP contribution in [0.1, 0.15) is 83.4 Å². The van der Waals surface area contributed by atoms with E-state index >= 15 is 0 Å². The third-order valence-electron chi connectivity index (χ3n) is 4.03. The standard InChI is InChI=1S/C17H30S/c1-4-6-8-10-14-17(3,13-9-7-5-2)16-12-11-15-18-16/h11-12,15H,4-10,13-14H2,1-3H3. The molecule has 0 nitrogen and oxygen atoms in total. The molecule has 1 aromatic rings. The Morgan fingerprint density at radius 1 is 0.944 bits per heavy atom. The lowest BCUT2D eigenvalue weighted by molar-refractivity contribution is 0.372. The fourth-order valence-corrected chi connectivity index (χ4v) is 3.65. The number of thiophene rings is 1. The number of rotatable bonds is 10. The monoisotopic (exact) mass is 266 g/mol. The van der Waals surface area contributed by atoms with Crippen LogP contribution in [0.4, 0.5) is 0 Å². The first-order valence-corrected chi connectivity index (χ1v) is 8.65. The van der Waals surface area contributed by atoms with Gasteiger partial charge in [0.1, 0.15) is 0 Å². The first-order valence-electron chi connectivity index (χ1n) is 7.77. The summed E-state index contributed by atoms with van der Waals surface area (Å²) in [6, 6.07) is 4.56. The molecule has 18 heavy (non-hydrogen) atoms. The zero-order valence-corrected chi connectivity index (χ0v) is 13.3. The minimum Gasteiger partial charge on any atom is -0.148 e. The summed E-state index contributed by atoms with van der Waals surface area (Å²) in [6.45, 7) is 7.07. The molecule has 1 atom stereocenters. The van der Waals surface area contributed by atoms with Crippen LogP contribution in [0.3, 0.4) is 0 Å². The van der Waals surface area contributed by atoms with E-state index in [2.05, 4.69) is 38.3 Å². The summed E-state index contributed by atoms with van der Waals surface area (Å²) in [7, 11) is 0. The summed E-state index contributed by atoms with van der Waals surface area (Å²) >= 11 is 1.95. The molecule has 0 aromatic carbocycles. The van der Waals surface area contributed by atoms with Crippen LogP contribution >= 0.6 is 11.3 Å². The van der Waals surface area contributed by atoms with Crippen LogP contribution in [0, 0.1) is 0 Å². The summed E-state index contributed by atoms with van der Waals surface area (Å²) in [5.41, 5.74) is 0.442. The number of hydrogen-bond donors (Lipinski definition) is 0. The Hall–Kier alpha value is -0.300. The Kier molecular flexibility index (Phi) is 7.65. The van der Waals surface area contributed by atoms with Crippen LogP contribution in [0.15, 0.2) is 17.5 Å². The molecule has 0 aliphatic rings. The van der Waals surface area contributed by atoms with Gasteiger partial charge in [0.05, 0.1) is 0 Å². The van der Waals surface area contributed by atoms with Gasteiger partial charge in [-0.1, -0.05) is 71.8 Å². The number of hydrogen-bond acceptors (Lipinski definition) is 1.